The number of hydrogen-bond donors (Lipinski definition) is 3. The summed E-state index contributed by atoms with van der Waals surface area (Å²) in [6.07, 6.45) is 1.69. The van der Waals surface area contributed by atoms with Gasteiger partial charge in [-0.2, -0.15) is 0 Å². The van der Waals surface area contributed by atoms with E-state index in [4.69, 9.17) is 5.73 Å². The number of nitrogens with one attached hydrogen (secondary N) is 2. The van der Waals surface area contributed by atoms with Gasteiger partial charge in [-0.3, -0.25) is 9.59 Å². The van der Waals surface area contributed by atoms with Gasteiger partial charge < -0.3 is 16.5 Å². The quantitative estimate of drug-likeness (QED) is 0.533. The Morgan fingerprint density at radius 1 is 1.10 bits per heavy atom. The predicted molar refractivity (Wildman–Crippen MR) is 119 cm³/mol. The molecule has 4 N–H and O–H groups in total. The molecule has 3 aromatic heterocycles. The summed E-state index contributed by atoms with van der Waals surface area (Å²) in [4.78, 5) is 35.0. The molecule has 0 aromatic carbocycles. The number of hydrogen-bond acceptors (Lipinski definition) is 7. The van der Waals surface area contributed by atoms with Crippen LogP contribution in [0.1, 0.15) is 38.0 Å². The standard InChI is InChI=1S/C21H26N6O2S/c1-12-7-8-27(24-11-18-14(3)25-15(4)30-18)21(29)17(12)9-20(28)23-10-16-5-6-19(22)26-13(16)2/h5-8,24H,9-11H2,1-4H3,(H2,22,26)(H,23,28). The van der Waals surface area contributed by atoms with Gasteiger partial charge in [-0.1, -0.05) is 6.07 Å². The first-order valence-corrected chi connectivity index (χ1v) is 10.4. The number of rotatable bonds is 7. The van der Waals surface area contributed by atoms with Gasteiger partial charge in [0.05, 0.1) is 23.7 Å². The summed E-state index contributed by atoms with van der Waals surface area (Å²) < 4.78 is 1.43. The van der Waals surface area contributed by atoms with E-state index in [1.165, 1.54) is 4.68 Å². The Morgan fingerprint density at radius 3 is 2.53 bits per heavy atom. The number of aromatic nitrogens is 3. The van der Waals surface area contributed by atoms with E-state index in [1.54, 1.807) is 23.6 Å². The molecule has 0 atom stereocenters. The van der Waals surface area contributed by atoms with Crippen LogP contribution in [0.25, 0.3) is 0 Å². The van der Waals surface area contributed by atoms with E-state index in [0.717, 1.165) is 32.4 Å². The normalized spacial score (nSPS) is 10.8. The number of carbonyl (C=O) groups is 1. The Kier molecular flexibility index (Phi) is 6.51. The van der Waals surface area contributed by atoms with E-state index in [-0.39, 0.29) is 17.9 Å². The van der Waals surface area contributed by atoms with Crippen molar-refractivity contribution < 1.29 is 4.79 Å². The molecule has 0 aliphatic heterocycles. The zero-order chi connectivity index (χ0) is 21.8. The van der Waals surface area contributed by atoms with E-state index >= 15 is 0 Å². The summed E-state index contributed by atoms with van der Waals surface area (Å²) in [5.41, 5.74) is 12.4. The minimum atomic E-state index is -0.227. The highest BCUT2D eigenvalue weighted by atomic mass is 32.1. The Balaban J connectivity index is 1.67. The first-order chi connectivity index (χ1) is 14.2. The third-order valence-corrected chi connectivity index (χ3v) is 5.94. The third kappa shape index (κ3) is 5.04. The van der Waals surface area contributed by atoms with Crippen molar-refractivity contribution in [3.63, 3.8) is 0 Å². The molecule has 1 amide bonds. The molecule has 0 bridgehead atoms. The lowest BCUT2D eigenvalue weighted by Gasteiger charge is -2.13. The molecule has 30 heavy (non-hydrogen) atoms. The summed E-state index contributed by atoms with van der Waals surface area (Å²) in [5, 5.41) is 3.85. The van der Waals surface area contributed by atoms with Crippen LogP contribution in [0.4, 0.5) is 5.82 Å². The molecule has 0 aliphatic rings. The number of pyridine rings is 2. The summed E-state index contributed by atoms with van der Waals surface area (Å²) in [7, 11) is 0. The van der Waals surface area contributed by atoms with Gasteiger partial charge in [0.15, 0.2) is 0 Å². The molecule has 0 spiro atoms. The lowest BCUT2D eigenvalue weighted by Crippen LogP contribution is -2.34. The van der Waals surface area contributed by atoms with Crippen LogP contribution in [-0.4, -0.2) is 20.6 Å². The fraction of sp³-hybridized carbons (Fsp3) is 0.333. The Bertz CT molecular complexity index is 1140. The molecule has 3 aromatic rings. The molecule has 9 heteroatoms. The number of amides is 1. The van der Waals surface area contributed by atoms with Crippen LogP contribution in [0.3, 0.4) is 0 Å². The number of anilines is 1. The van der Waals surface area contributed by atoms with Crippen LogP contribution in [0.15, 0.2) is 29.2 Å². The fourth-order valence-corrected chi connectivity index (χ4v) is 3.98. The van der Waals surface area contributed by atoms with Gasteiger partial charge in [0, 0.05) is 28.9 Å². The maximum Gasteiger partial charge on any atom is 0.272 e. The second-order valence-corrected chi connectivity index (χ2v) is 8.45. The number of nitrogen functional groups attached to an aromatic ring is 1. The van der Waals surface area contributed by atoms with Gasteiger partial charge in [0.25, 0.3) is 5.56 Å². The Morgan fingerprint density at radius 2 is 1.87 bits per heavy atom. The molecule has 0 saturated heterocycles. The molecule has 0 aliphatic carbocycles. The van der Waals surface area contributed by atoms with Gasteiger partial charge in [0.2, 0.25) is 5.91 Å². The maximum absolute atomic E-state index is 12.9. The average molecular weight is 427 g/mol. The first-order valence-electron chi connectivity index (χ1n) is 9.61. The molecular weight excluding hydrogens is 400 g/mol. The van der Waals surface area contributed by atoms with Crippen molar-refractivity contribution >= 4 is 23.1 Å². The molecule has 0 fully saturated rings. The van der Waals surface area contributed by atoms with Crippen LogP contribution < -0.4 is 22.0 Å². The van der Waals surface area contributed by atoms with Crippen molar-refractivity contribution in [3.05, 3.63) is 72.7 Å². The number of aryl methyl sites for hydroxylation is 4. The highest BCUT2D eigenvalue weighted by Gasteiger charge is 2.13. The van der Waals surface area contributed by atoms with Crippen LogP contribution in [-0.2, 0) is 24.3 Å². The number of nitrogens with zero attached hydrogens (tertiary/aromatic N) is 3. The van der Waals surface area contributed by atoms with Crippen molar-refractivity contribution in [2.24, 2.45) is 0 Å². The van der Waals surface area contributed by atoms with Crippen molar-refractivity contribution in [1.29, 1.82) is 0 Å². The van der Waals surface area contributed by atoms with Crippen LogP contribution in [0, 0.1) is 27.7 Å². The topological polar surface area (TPSA) is 115 Å². The molecule has 8 nitrogen and oxygen atoms in total. The second kappa shape index (κ2) is 9.08. The van der Waals surface area contributed by atoms with Gasteiger partial charge in [0.1, 0.15) is 5.82 Å². The summed E-state index contributed by atoms with van der Waals surface area (Å²) in [6.45, 7) is 8.41. The number of thiazole rings is 1. The van der Waals surface area contributed by atoms with Crippen LogP contribution in [0.5, 0.6) is 0 Å². The molecule has 0 radical (unpaired) electrons. The van der Waals surface area contributed by atoms with Crippen molar-refractivity contribution in [2.45, 2.75) is 47.2 Å². The lowest BCUT2D eigenvalue weighted by atomic mass is 10.1. The van der Waals surface area contributed by atoms with E-state index in [1.807, 2.05) is 39.8 Å². The molecule has 0 unspecified atom stereocenters. The molecule has 3 heterocycles. The summed E-state index contributed by atoms with van der Waals surface area (Å²) in [6, 6.07) is 5.37. The van der Waals surface area contributed by atoms with Gasteiger partial charge in [-0.25, -0.2) is 14.6 Å². The molecule has 3 rings (SSSR count). The zero-order valence-corrected chi connectivity index (χ0v) is 18.4. The van der Waals surface area contributed by atoms with Gasteiger partial charge in [-0.15, -0.1) is 11.3 Å². The highest BCUT2D eigenvalue weighted by molar-refractivity contribution is 7.11. The fourth-order valence-electron chi connectivity index (χ4n) is 3.12. The second-order valence-electron chi connectivity index (χ2n) is 7.16. The number of nitrogens with two attached hydrogens (primary N) is 1. The maximum atomic E-state index is 12.9. The summed E-state index contributed by atoms with van der Waals surface area (Å²) >= 11 is 1.60. The Labute approximate surface area is 179 Å². The number of carbonyl (C=O) groups excluding carboxylic acids is 1. The zero-order valence-electron chi connectivity index (χ0n) is 17.6. The SMILES string of the molecule is Cc1nc(C)c(CNn2ccc(C)c(CC(=O)NCc3ccc(N)nc3C)c2=O)s1. The summed E-state index contributed by atoms with van der Waals surface area (Å²) in [5.74, 6) is 0.220. The molecule has 158 valence electrons. The largest absolute Gasteiger partial charge is 0.384 e. The lowest BCUT2D eigenvalue weighted by molar-refractivity contribution is -0.120. The van der Waals surface area contributed by atoms with E-state index in [9.17, 15) is 9.59 Å². The molecule has 0 saturated carbocycles. The van der Waals surface area contributed by atoms with E-state index < -0.39 is 0 Å². The van der Waals surface area contributed by atoms with Crippen LogP contribution >= 0.6 is 11.3 Å². The van der Waals surface area contributed by atoms with Gasteiger partial charge in [-0.05, 0) is 51.0 Å². The smallest absolute Gasteiger partial charge is 0.272 e. The van der Waals surface area contributed by atoms with Crippen LogP contribution in [0.2, 0.25) is 0 Å². The minimum Gasteiger partial charge on any atom is -0.384 e. The van der Waals surface area contributed by atoms with Crippen molar-refractivity contribution in [2.75, 3.05) is 11.2 Å². The van der Waals surface area contributed by atoms with Crippen molar-refractivity contribution in [1.82, 2.24) is 20.0 Å². The molecular formula is C21H26N6O2S. The minimum absolute atomic E-state index is 0.00727. The third-order valence-electron chi connectivity index (χ3n) is 4.87. The van der Waals surface area contributed by atoms with E-state index in [2.05, 4.69) is 20.7 Å². The highest BCUT2D eigenvalue weighted by Crippen LogP contribution is 2.16. The van der Waals surface area contributed by atoms with Crippen molar-refractivity contribution in [3.8, 4) is 0 Å². The predicted octanol–water partition coefficient (Wildman–Crippen LogP) is 2.12. The average Bonchev–Trinajstić information content (AvgIpc) is 3.01. The van der Waals surface area contributed by atoms with E-state index in [0.29, 0.717) is 24.5 Å². The van der Waals surface area contributed by atoms with Gasteiger partial charge >= 0.3 is 0 Å². The monoisotopic (exact) mass is 426 g/mol. The first kappa shape index (κ1) is 21.5. The Hall–Kier alpha value is -3.20.